The molecule has 2 aromatic rings. The number of non-ortho nitro benzene ring substituents is 1. The van der Waals surface area contributed by atoms with Gasteiger partial charge in [-0.15, -0.1) is 0 Å². The standard InChI is InChI=1S/C18H12ClN3O3/c19-15-5-1-13(2-6-15)18(23)9-17(14(10-20)11-21)12-3-7-16(8-4-12)22(24)25/h1-8,14,17H,9H2. The summed E-state index contributed by atoms with van der Waals surface area (Å²) in [6.45, 7) is 0. The highest BCUT2D eigenvalue weighted by atomic mass is 35.5. The van der Waals surface area contributed by atoms with Crippen molar-refractivity contribution in [3.8, 4) is 12.1 Å². The third-order valence-corrected chi connectivity index (χ3v) is 4.04. The minimum absolute atomic E-state index is 0.0643. The van der Waals surface area contributed by atoms with E-state index in [2.05, 4.69) is 0 Å². The van der Waals surface area contributed by atoms with Gasteiger partial charge in [-0.25, -0.2) is 0 Å². The van der Waals surface area contributed by atoms with Crippen molar-refractivity contribution in [1.82, 2.24) is 0 Å². The molecule has 0 aliphatic heterocycles. The predicted molar refractivity (Wildman–Crippen MR) is 91.0 cm³/mol. The van der Waals surface area contributed by atoms with E-state index in [1.807, 2.05) is 12.1 Å². The molecule has 0 N–H and O–H groups in total. The molecule has 0 amide bonds. The van der Waals surface area contributed by atoms with Gasteiger partial charge in [-0.3, -0.25) is 14.9 Å². The van der Waals surface area contributed by atoms with Gasteiger partial charge >= 0.3 is 0 Å². The minimum Gasteiger partial charge on any atom is -0.294 e. The molecule has 0 aliphatic carbocycles. The lowest BCUT2D eigenvalue weighted by Gasteiger charge is -2.17. The molecule has 0 spiro atoms. The van der Waals surface area contributed by atoms with Gasteiger partial charge in [0.15, 0.2) is 5.78 Å². The number of nitro benzene ring substituents is 1. The molecule has 1 unspecified atom stereocenters. The number of hydrogen-bond acceptors (Lipinski definition) is 5. The Morgan fingerprint density at radius 2 is 1.64 bits per heavy atom. The Morgan fingerprint density at radius 3 is 2.12 bits per heavy atom. The molecule has 0 radical (unpaired) electrons. The Balaban J connectivity index is 2.31. The fraction of sp³-hybridized carbons (Fsp3) is 0.167. The second-order valence-electron chi connectivity index (χ2n) is 5.33. The van der Waals surface area contributed by atoms with Crippen LogP contribution in [-0.2, 0) is 0 Å². The van der Waals surface area contributed by atoms with E-state index in [1.54, 1.807) is 24.3 Å². The molecule has 124 valence electrons. The molecule has 0 saturated heterocycles. The van der Waals surface area contributed by atoms with E-state index in [-0.39, 0.29) is 17.9 Å². The van der Waals surface area contributed by atoms with E-state index < -0.39 is 16.8 Å². The largest absolute Gasteiger partial charge is 0.294 e. The topological polar surface area (TPSA) is 108 Å². The average molecular weight is 354 g/mol. The van der Waals surface area contributed by atoms with Crippen molar-refractivity contribution in [3.63, 3.8) is 0 Å². The third-order valence-electron chi connectivity index (χ3n) is 3.78. The van der Waals surface area contributed by atoms with Crippen molar-refractivity contribution >= 4 is 23.1 Å². The minimum atomic E-state index is -1.04. The molecule has 2 aromatic carbocycles. The molecular formula is C18H12ClN3O3. The van der Waals surface area contributed by atoms with Gasteiger partial charge in [0.05, 0.1) is 17.1 Å². The number of carbonyl (C=O) groups is 1. The van der Waals surface area contributed by atoms with Crippen LogP contribution in [0.25, 0.3) is 0 Å². The van der Waals surface area contributed by atoms with Crippen LogP contribution in [0.15, 0.2) is 48.5 Å². The van der Waals surface area contributed by atoms with Gasteiger partial charge in [0, 0.05) is 35.1 Å². The Morgan fingerprint density at radius 1 is 1.08 bits per heavy atom. The van der Waals surface area contributed by atoms with Gasteiger partial charge in [0.1, 0.15) is 5.92 Å². The molecule has 0 saturated carbocycles. The monoisotopic (exact) mass is 353 g/mol. The molecule has 0 heterocycles. The molecule has 0 aromatic heterocycles. The fourth-order valence-electron chi connectivity index (χ4n) is 2.43. The SMILES string of the molecule is N#CC(C#N)C(CC(=O)c1ccc(Cl)cc1)c1ccc([N+](=O)[O-])cc1. The molecule has 1 atom stereocenters. The lowest BCUT2D eigenvalue weighted by atomic mass is 9.82. The van der Waals surface area contributed by atoms with Gasteiger partial charge in [-0.2, -0.15) is 10.5 Å². The normalized spacial score (nSPS) is 11.4. The number of Topliss-reactive ketones (excluding diaryl/α,β-unsaturated/α-hetero) is 1. The zero-order valence-electron chi connectivity index (χ0n) is 12.9. The van der Waals surface area contributed by atoms with E-state index in [0.29, 0.717) is 16.1 Å². The zero-order valence-corrected chi connectivity index (χ0v) is 13.7. The molecule has 6 nitrogen and oxygen atoms in total. The number of nitro groups is 1. The summed E-state index contributed by atoms with van der Waals surface area (Å²) >= 11 is 5.80. The van der Waals surface area contributed by atoms with Crippen LogP contribution in [0.2, 0.25) is 5.02 Å². The maximum atomic E-state index is 12.5. The molecule has 25 heavy (non-hydrogen) atoms. The predicted octanol–water partition coefficient (Wildman–Crippen LogP) is 4.27. The lowest BCUT2D eigenvalue weighted by molar-refractivity contribution is -0.384. The van der Waals surface area contributed by atoms with E-state index in [9.17, 15) is 25.4 Å². The van der Waals surface area contributed by atoms with E-state index in [0.717, 1.165) is 0 Å². The van der Waals surface area contributed by atoms with Crippen LogP contribution >= 0.6 is 11.6 Å². The van der Waals surface area contributed by atoms with Gasteiger partial charge in [-0.05, 0) is 29.8 Å². The highest BCUT2D eigenvalue weighted by molar-refractivity contribution is 6.30. The van der Waals surface area contributed by atoms with Crippen molar-refractivity contribution < 1.29 is 9.72 Å². The first-order valence-electron chi connectivity index (χ1n) is 7.28. The highest BCUT2D eigenvalue weighted by Crippen LogP contribution is 2.30. The summed E-state index contributed by atoms with van der Waals surface area (Å²) in [5, 5.41) is 29.7. The maximum Gasteiger partial charge on any atom is 0.269 e. The summed E-state index contributed by atoms with van der Waals surface area (Å²) in [5.41, 5.74) is 0.851. The van der Waals surface area contributed by atoms with Gasteiger partial charge < -0.3 is 0 Å². The first kappa shape index (κ1) is 18.1. The second kappa shape index (κ2) is 8.05. The van der Waals surface area contributed by atoms with Gasteiger partial charge in [0.25, 0.3) is 5.69 Å². The van der Waals surface area contributed by atoms with Crippen molar-refractivity contribution in [2.75, 3.05) is 0 Å². The molecule has 0 aliphatic rings. The van der Waals surface area contributed by atoms with Gasteiger partial charge in [0.2, 0.25) is 0 Å². The Hall–Kier alpha value is -3.22. The number of nitrogens with zero attached hydrogens (tertiary/aromatic N) is 3. The summed E-state index contributed by atoms with van der Waals surface area (Å²) in [6.07, 6.45) is -0.0643. The van der Waals surface area contributed by atoms with Crippen LogP contribution in [0.4, 0.5) is 5.69 Å². The number of halogens is 1. The zero-order chi connectivity index (χ0) is 18.4. The first-order valence-corrected chi connectivity index (χ1v) is 7.66. The van der Waals surface area contributed by atoms with Crippen LogP contribution in [0.3, 0.4) is 0 Å². The number of ketones is 1. The molecule has 0 bridgehead atoms. The van der Waals surface area contributed by atoms with E-state index in [1.165, 1.54) is 24.3 Å². The Kier molecular flexibility index (Phi) is 5.84. The summed E-state index contributed by atoms with van der Waals surface area (Å²) in [7, 11) is 0. The van der Waals surface area contributed by atoms with E-state index in [4.69, 9.17) is 11.6 Å². The quantitative estimate of drug-likeness (QED) is 0.437. The highest BCUT2D eigenvalue weighted by Gasteiger charge is 2.26. The fourth-order valence-corrected chi connectivity index (χ4v) is 2.56. The van der Waals surface area contributed by atoms with Crippen molar-refractivity contribution in [3.05, 3.63) is 74.8 Å². The number of nitriles is 2. The first-order chi connectivity index (χ1) is 12.0. The third kappa shape index (κ3) is 4.41. The summed E-state index contributed by atoms with van der Waals surface area (Å²) in [6, 6.07) is 15.6. The maximum absolute atomic E-state index is 12.5. The van der Waals surface area contributed by atoms with Crippen molar-refractivity contribution in [2.45, 2.75) is 12.3 Å². The number of benzene rings is 2. The molecule has 0 fully saturated rings. The van der Waals surface area contributed by atoms with Crippen LogP contribution in [-0.4, -0.2) is 10.7 Å². The van der Waals surface area contributed by atoms with Crippen LogP contribution in [0, 0.1) is 38.7 Å². The molecular weight excluding hydrogens is 342 g/mol. The van der Waals surface area contributed by atoms with Gasteiger partial charge in [-0.1, -0.05) is 23.7 Å². The Bertz CT molecular complexity index is 850. The Labute approximate surface area is 149 Å². The summed E-state index contributed by atoms with van der Waals surface area (Å²) in [5.74, 6) is -1.97. The smallest absolute Gasteiger partial charge is 0.269 e. The second-order valence-corrected chi connectivity index (χ2v) is 5.76. The van der Waals surface area contributed by atoms with E-state index >= 15 is 0 Å². The summed E-state index contributed by atoms with van der Waals surface area (Å²) in [4.78, 5) is 22.7. The molecule has 2 rings (SSSR count). The van der Waals surface area contributed by atoms with Crippen LogP contribution in [0.5, 0.6) is 0 Å². The number of carbonyl (C=O) groups excluding carboxylic acids is 1. The number of rotatable bonds is 6. The van der Waals surface area contributed by atoms with Crippen molar-refractivity contribution in [2.24, 2.45) is 5.92 Å². The van der Waals surface area contributed by atoms with Crippen LogP contribution < -0.4 is 0 Å². The van der Waals surface area contributed by atoms with Crippen LogP contribution in [0.1, 0.15) is 28.3 Å². The van der Waals surface area contributed by atoms with Crippen molar-refractivity contribution in [1.29, 1.82) is 10.5 Å². The molecule has 7 heteroatoms. The summed E-state index contributed by atoms with van der Waals surface area (Å²) < 4.78 is 0. The average Bonchev–Trinajstić information content (AvgIpc) is 2.62. The number of hydrogen-bond donors (Lipinski definition) is 0. The lowest BCUT2D eigenvalue weighted by Crippen LogP contribution is -2.15.